The fourth-order valence-corrected chi connectivity index (χ4v) is 0.673. The molecule has 0 aromatic carbocycles. The number of aromatic nitrogens is 2. The molecule has 1 aromatic rings. The molecule has 0 aliphatic heterocycles. The van der Waals surface area contributed by atoms with Gasteiger partial charge in [-0.2, -0.15) is 0 Å². The molecule has 9 heavy (non-hydrogen) atoms. The van der Waals surface area contributed by atoms with Gasteiger partial charge in [0, 0.05) is 0 Å². The first kappa shape index (κ1) is 9.03. The monoisotopic (exact) mass is 132 g/mol. The zero-order chi connectivity index (χ0) is 5.82. The summed E-state index contributed by atoms with van der Waals surface area (Å²) in [5, 5.41) is 0.795. The van der Waals surface area contributed by atoms with Crippen LogP contribution in [0.2, 0.25) is 0 Å². The second-order valence-electron chi connectivity index (χ2n) is 1.17. The Balaban J connectivity index is 0.000000640. The Bertz CT molecular complexity index is 156. The number of nitrogens with zero attached hydrogens (tertiary/aromatic N) is 2. The van der Waals surface area contributed by atoms with Crippen molar-refractivity contribution in [2.45, 2.75) is 5.16 Å². The Morgan fingerprint density at radius 3 is 2.33 bits per heavy atom. The third-order valence-corrected chi connectivity index (χ3v) is 1.26. The first-order chi connectivity index (χ1) is 3.93. The number of hydrogen-bond acceptors (Lipinski definition) is 3. The first-order valence-corrected chi connectivity index (χ1v) is 3.38. The molecule has 0 N–H and O–H groups in total. The first-order valence-electron chi connectivity index (χ1n) is 2.15. The Morgan fingerprint density at radius 2 is 2.00 bits per heavy atom. The van der Waals surface area contributed by atoms with Crippen molar-refractivity contribution in [3.8, 4) is 0 Å². The standard InChI is InChI=1S/C5H5N2S.Li/c1-8-5-6-3-2-4-7-5;/h3-4H,1H3;/q-1;+1. The zero-order valence-electron chi connectivity index (χ0n) is 5.46. The second-order valence-corrected chi connectivity index (χ2v) is 1.94. The zero-order valence-corrected chi connectivity index (χ0v) is 6.27. The molecule has 0 unspecified atom stereocenters. The molecular formula is C5H5LiN2S. The van der Waals surface area contributed by atoms with Crippen LogP contribution in [0.4, 0.5) is 0 Å². The third-order valence-electron chi connectivity index (χ3n) is 0.682. The summed E-state index contributed by atoms with van der Waals surface area (Å²) in [6.45, 7) is 0. The Kier molecular flexibility index (Phi) is 4.88. The number of hydrogen-bond donors (Lipinski definition) is 0. The summed E-state index contributed by atoms with van der Waals surface area (Å²) in [6.07, 6.45) is 5.16. The molecule has 0 fully saturated rings. The maximum atomic E-state index is 3.89. The van der Waals surface area contributed by atoms with Crippen molar-refractivity contribution in [1.82, 2.24) is 9.97 Å². The van der Waals surface area contributed by atoms with Crippen LogP contribution < -0.4 is 18.9 Å². The predicted molar refractivity (Wildman–Crippen MR) is 32.6 cm³/mol. The molecule has 0 aliphatic rings. The van der Waals surface area contributed by atoms with Gasteiger partial charge in [-0.15, -0.1) is 12.4 Å². The van der Waals surface area contributed by atoms with Gasteiger partial charge in [0.25, 0.3) is 0 Å². The van der Waals surface area contributed by atoms with E-state index in [1.54, 1.807) is 12.4 Å². The van der Waals surface area contributed by atoms with E-state index in [0.717, 1.165) is 5.16 Å². The van der Waals surface area contributed by atoms with Crippen LogP contribution in [0.3, 0.4) is 0 Å². The van der Waals surface area contributed by atoms with Gasteiger partial charge in [0.2, 0.25) is 0 Å². The van der Waals surface area contributed by atoms with Crippen LogP contribution in [0.1, 0.15) is 0 Å². The van der Waals surface area contributed by atoms with Crippen LogP contribution in [0, 0.1) is 6.07 Å². The second kappa shape index (κ2) is 4.86. The van der Waals surface area contributed by atoms with Crippen LogP contribution in [0.25, 0.3) is 0 Å². The molecule has 4 heteroatoms. The summed E-state index contributed by atoms with van der Waals surface area (Å²) < 4.78 is 0. The average molecular weight is 132 g/mol. The van der Waals surface area contributed by atoms with Crippen molar-refractivity contribution in [3.63, 3.8) is 0 Å². The topological polar surface area (TPSA) is 25.8 Å². The molecule has 2 nitrogen and oxygen atoms in total. The van der Waals surface area contributed by atoms with Gasteiger partial charge < -0.3 is 6.07 Å². The summed E-state index contributed by atoms with van der Waals surface area (Å²) in [4.78, 5) is 7.79. The van der Waals surface area contributed by atoms with Crippen molar-refractivity contribution in [2.75, 3.05) is 6.26 Å². The molecule has 0 aliphatic carbocycles. The van der Waals surface area contributed by atoms with Crippen LogP contribution >= 0.6 is 11.8 Å². The third kappa shape index (κ3) is 2.90. The largest absolute Gasteiger partial charge is 1.00 e. The maximum Gasteiger partial charge on any atom is 1.00 e. The molecule has 0 radical (unpaired) electrons. The smallest absolute Gasteiger partial charge is 0.434 e. The van der Waals surface area contributed by atoms with Gasteiger partial charge in [0.15, 0.2) is 5.16 Å². The molecule has 1 heterocycles. The van der Waals surface area contributed by atoms with Crippen LogP contribution in [0.5, 0.6) is 0 Å². The van der Waals surface area contributed by atoms with E-state index in [4.69, 9.17) is 0 Å². The molecule has 0 spiro atoms. The Hall–Kier alpha value is 0.0274. The van der Waals surface area contributed by atoms with Gasteiger partial charge in [-0.1, -0.05) is 11.8 Å². The summed E-state index contributed by atoms with van der Waals surface area (Å²) in [5.74, 6) is 0. The summed E-state index contributed by atoms with van der Waals surface area (Å²) in [5.41, 5.74) is 0. The average Bonchev–Trinajstić information content (AvgIpc) is 1.90. The van der Waals surface area contributed by atoms with E-state index in [1.165, 1.54) is 11.8 Å². The van der Waals surface area contributed by atoms with E-state index in [9.17, 15) is 0 Å². The van der Waals surface area contributed by atoms with Crippen LogP contribution in [0.15, 0.2) is 17.6 Å². The van der Waals surface area contributed by atoms with Gasteiger partial charge in [-0.3, -0.25) is 9.97 Å². The van der Waals surface area contributed by atoms with Gasteiger partial charge in [0.1, 0.15) is 0 Å². The molecular weight excluding hydrogens is 127 g/mol. The molecule has 42 valence electrons. The van der Waals surface area contributed by atoms with Crippen LogP contribution in [-0.2, 0) is 0 Å². The molecule has 0 amide bonds. The number of rotatable bonds is 1. The molecule has 0 saturated carbocycles. The van der Waals surface area contributed by atoms with E-state index in [1.807, 2.05) is 6.26 Å². The van der Waals surface area contributed by atoms with Crippen molar-refractivity contribution in [1.29, 1.82) is 0 Å². The maximum absolute atomic E-state index is 3.89. The molecule has 0 bridgehead atoms. The van der Waals surface area contributed by atoms with Crippen molar-refractivity contribution in [3.05, 3.63) is 18.5 Å². The SMILES string of the molecule is CSc1nc[c-]cn1.[Li+]. The molecule has 1 rings (SSSR count). The van der Waals surface area contributed by atoms with Crippen LogP contribution in [-0.4, -0.2) is 16.2 Å². The van der Waals surface area contributed by atoms with Gasteiger partial charge in [-0.25, -0.2) is 0 Å². The van der Waals surface area contributed by atoms with Gasteiger partial charge in [0.05, 0.1) is 0 Å². The van der Waals surface area contributed by atoms with E-state index in [2.05, 4.69) is 16.0 Å². The Morgan fingerprint density at radius 1 is 1.44 bits per heavy atom. The van der Waals surface area contributed by atoms with E-state index >= 15 is 0 Å². The predicted octanol–water partition coefficient (Wildman–Crippen LogP) is -2.00. The normalized spacial score (nSPS) is 8.11. The fraction of sp³-hybridized carbons (Fsp3) is 0.200. The van der Waals surface area contributed by atoms with Crippen molar-refractivity contribution < 1.29 is 18.9 Å². The van der Waals surface area contributed by atoms with E-state index < -0.39 is 0 Å². The summed E-state index contributed by atoms with van der Waals surface area (Å²) >= 11 is 1.53. The summed E-state index contributed by atoms with van der Waals surface area (Å²) in [7, 11) is 0. The number of thioether (sulfide) groups is 1. The van der Waals surface area contributed by atoms with E-state index in [-0.39, 0.29) is 18.9 Å². The minimum atomic E-state index is 0. The van der Waals surface area contributed by atoms with E-state index in [0.29, 0.717) is 0 Å². The van der Waals surface area contributed by atoms with Gasteiger partial charge >= 0.3 is 18.9 Å². The minimum Gasteiger partial charge on any atom is -0.434 e. The molecule has 0 atom stereocenters. The minimum absolute atomic E-state index is 0. The van der Waals surface area contributed by atoms with Crippen molar-refractivity contribution >= 4 is 11.8 Å². The fourth-order valence-electron chi connectivity index (χ4n) is 0.357. The Labute approximate surface area is 70.7 Å². The quantitative estimate of drug-likeness (QED) is 0.191. The summed E-state index contributed by atoms with van der Waals surface area (Å²) in [6, 6.07) is 2.73. The molecule has 0 saturated heterocycles. The van der Waals surface area contributed by atoms with Gasteiger partial charge in [-0.05, 0) is 6.26 Å². The van der Waals surface area contributed by atoms with Crippen molar-refractivity contribution in [2.24, 2.45) is 0 Å². The molecule has 1 aromatic heterocycles.